The number of likely N-dealkylation sites (N-methyl/N-ethyl adjacent to an activating group) is 1. The first-order valence-electron chi connectivity index (χ1n) is 5.25. The Morgan fingerprint density at radius 1 is 1.69 bits per heavy atom. The van der Waals surface area contributed by atoms with Gasteiger partial charge in [-0.25, -0.2) is 0 Å². The third-order valence-electron chi connectivity index (χ3n) is 2.67. The predicted octanol–water partition coefficient (Wildman–Crippen LogP) is 1.72. The molecule has 0 aromatic carbocycles. The molecule has 1 unspecified atom stereocenters. The normalized spacial score (nSPS) is 12.6. The Kier molecular flexibility index (Phi) is 4.56. The van der Waals surface area contributed by atoms with E-state index in [-0.39, 0.29) is 18.6 Å². The van der Waals surface area contributed by atoms with Crippen molar-refractivity contribution in [3.05, 3.63) is 22.4 Å². The van der Waals surface area contributed by atoms with Crippen LogP contribution in [-0.2, 0) is 6.54 Å². The van der Waals surface area contributed by atoms with E-state index in [1.165, 1.54) is 0 Å². The number of hydrogen-bond donors (Lipinski definition) is 1. The number of halogens is 1. The highest BCUT2D eigenvalue weighted by Crippen LogP contribution is 2.17. The molecule has 5 heteroatoms. The minimum Gasteiger partial charge on any atom is -0.394 e. The maximum atomic E-state index is 12.1. The topological polar surface area (TPSA) is 45.5 Å². The molecule has 1 atom stereocenters. The lowest BCUT2D eigenvalue weighted by Gasteiger charge is -2.23. The smallest absolute Gasteiger partial charge is 0.270 e. The molecule has 0 fully saturated rings. The van der Waals surface area contributed by atoms with Crippen molar-refractivity contribution in [2.75, 3.05) is 13.7 Å². The Morgan fingerprint density at radius 3 is 2.81 bits per heavy atom. The van der Waals surface area contributed by atoms with Gasteiger partial charge < -0.3 is 14.6 Å². The number of rotatable bonds is 4. The average Bonchev–Trinajstić information content (AvgIpc) is 2.67. The monoisotopic (exact) mass is 288 g/mol. The molecule has 1 heterocycles. The number of hydrogen-bond acceptors (Lipinski definition) is 2. The standard InChI is InChI=1S/C11H17BrN2O2/c1-4-14-6-9(12)5-10(14)11(16)13(3)8(2)7-15/h5-6,8,15H,4,7H2,1-3H3. The van der Waals surface area contributed by atoms with Gasteiger partial charge >= 0.3 is 0 Å². The lowest BCUT2D eigenvalue weighted by atomic mass is 10.3. The van der Waals surface area contributed by atoms with Gasteiger partial charge in [0.15, 0.2) is 0 Å². The first-order chi connectivity index (χ1) is 7.51. The molecule has 0 radical (unpaired) electrons. The van der Waals surface area contributed by atoms with Crippen molar-refractivity contribution >= 4 is 21.8 Å². The fourth-order valence-electron chi connectivity index (χ4n) is 1.42. The van der Waals surface area contributed by atoms with Crippen LogP contribution in [-0.4, -0.2) is 40.2 Å². The largest absolute Gasteiger partial charge is 0.394 e. The van der Waals surface area contributed by atoms with E-state index in [1.807, 2.05) is 24.6 Å². The van der Waals surface area contributed by atoms with Crippen molar-refractivity contribution in [2.45, 2.75) is 26.4 Å². The van der Waals surface area contributed by atoms with E-state index in [4.69, 9.17) is 5.11 Å². The molecular formula is C11H17BrN2O2. The molecule has 1 rings (SSSR count). The molecule has 0 spiro atoms. The zero-order valence-corrected chi connectivity index (χ0v) is 11.4. The van der Waals surface area contributed by atoms with Crippen LogP contribution in [0, 0.1) is 0 Å². The molecular weight excluding hydrogens is 272 g/mol. The SMILES string of the molecule is CCn1cc(Br)cc1C(=O)N(C)C(C)CO. The summed E-state index contributed by atoms with van der Waals surface area (Å²) in [5.74, 6) is -0.0749. The van der Waals surface area contributed by atoms with Crippen LogP contribution in [0.2, 0.25) is 0 Å². The minimum atomic E-state index is -0.175. The average molecular weight is 289 g/mol. The summed E-state index contributed by atoms with van der Waals surface area (Å²) in [5.41, 5.74) is 0.636. The van der Waals surface area contributed by atoms with E-state index in [0.717, 1.165) is 11.0 Å². The van der Waals surface area contributed by atoms with Crippen LogP contribution in [0.25, 0.3) is 0 Å². The minimum absolute atomic E-state index is 0.0315. The number of carbonyl (C=O) groups is 1. The summed E-state index contributed by atoms with van der Waals surface area (Å²) in [6, 6.07) is 1.62. The fourth-order valence-corrected chi connectivity index (χ4v) is 1.88. The molecule has 1 aromatic heterocycles. The molecule has 1 N–H and O–H groups in total. The molecule has 0 aliphatic carbocycles. The Labute approximate surface area is 104 Å². The number of amides is 1. The van der Waals surface area contributed by atoms with E-state index in [0.29, 0.717) is 5.69 Å². The first-order valence-corrected chi connectivity index (χ1v) is 6.04. The van der Waals surface area contributed by atoms with Crippen LogP contribution in [0.4, 0.5) is 0 Å². The third kappa shape index (κ3) is 2.65. The Bertz CT molecular complexity index is 376. The van der Waals surface area contributed by atoms with Gasteiger partial charge in [0, 0.05) is 24.3 Å². The Balaban J connectivity index is 2.95. The van der Waals surface area contributed by atoms with Crippen molar-refractivity contribution in [1.29, 1.82) is 0 Å². The van der Waals surface area contributed by atoms with Crippen LogP contribution < -0.4 is 0 Å². The fraction of sp³-hybridized carbons (Fsp3) is 0.545. The molecule has 1 aromatic rings. The van der Waals surface area contributed by atoms with E-state index in [1.54, 1.807) is 18.0 Å². The highest BCUT2D eigenvalue weighted by molar-refractivity contribution is 9.10. The maximum Gasteiger partial charge on any atom is 0.270 e. The van der Waals surface area contributed by atoms with Gasteiger partial charge in [-0.2, -0.15) is 0 Å². The summed E-state index contributed by atoms with van der Waals surface area (Å²) in [5, 5.41) is 9.02. The molecule has 90 valence electrons. The number of carbonyl (C=O) groups excluding carboxylic acids is 1. The van der Waals surface area contributed by atoms with Crippen molar-refractivity contribution < 1.29 is 9.90 Å². The third-order valence-corrected chi connectivity index (χ3v) is 3.10. The summed E-state index contributed by atoms with van der Waals surface area (Å²) < 4.78 is 2.77. The van der Waals surface area contributed by atoms with Gasteiger partial charge in [-0.15, -0.1) is 0 Å². The number of aryl methyl sites for hydroxylation is 1. The lowest BCUT2D eigenvalue weighted by molar-refractivity contribution is 0.0671. The second-order valence-electron chi connectivity index (χ2n) is 3.78. The lowest BCUT2D eigenvalue weighted by Crippen LogP contribution is -2.38. The molecule has 4 nitrogen and oxygen atoms in total. The highest BCUT2D eigenvalue weighted by Gasteiger charge is 2.20. The van der Waals surface area contributed by atoms with Gasteiger partial charge in [-0.05, 0) is 35.8 Å². The number of aliphatic hydroxyl groups excluding tert-OH is 1. The van der Waals surface area contributed by atoms with Gasteiger partial charge in [0.05, 0.1) is 12.6 Å². The van der Waals surface area contributed by atoms with E-state index in [2.05, 4.69) is 15.9 Å². The summed E-state index contributed by atoms with van der Waals surface area (Å²) in [4.78, 5) is 13.7. The van der Waals surface area contributed by atoms with Crippen molar-refractivity contribution in [3.63, 3.8) is 0 Å². The summed E-state index contributed by atoms with van der Waals surface area (Å²) in [6.45, 7) is 4.51. The molecule has 0 saturated carbocycles. The molecule has 0 saturated heterocycles. The summed E-state index contributed by atoms with van der Waals surface area (Å²) >= 11 is 3.35. The van der Waals surface area contributed by atoms with Crippen LogP contribution >= 0.6 is 15.9 Å². The van der Waals surface area contributed by atoms with Crippen LogP contribution in [0.15, 0.2) is 16.7 Å². The number of nitrogens with zero attached hydrogens (tertiary/aromatic N) is 2. The Morgan fingerprint density at radius 2 is 2.31 bits per heavy atom. The van der Waals surface area contributed by atoms with Gasteiger partial charge in [0.2, 0.25) is 0 Å². The maximum absolute atomic E-state index is 12.1. The molecule has 0 aliphatic heterocycles. The summed E-state index contributed by atoms with van der Waals surface area (Å²) in [7, 11) is 1.70. The summed E-state index contributed by atoms with van der Waals surface area (Å²) in [6.07, 6.45) is 1.88. The van der Waals surface area contributed by atoms with Crippen LogP contribution in [0.3, 0.4) is 0 Å². The molecule has 0 bridgehead atoms. The van der Waals surface area contributed by atoms with Gasteiger partial charge in [-0.1, -0.05) is 0 Å². The second-order valence-corrected chi connectivity index (χ2v) is 4.69. The second kappa shape index (κ2) is 5.50. The number of aromatic nitrogens is 1. The zero-order chi connectivity index (χ0) is 12.3. The van der Waals surface area contributed by atoms with Crippen LogP contribution in [0.1, 0.15) is 24.3 Å². The highest BCUT2D eigenvalue weighted by atomic mass is 79.9. The van der Waals surface area contributed by atoms with Gasteiger partial charge in [-0.3, -0.25) is 4.79 Å². The van der Waals surface area contributed by atoms with Gasteiger partial charge in [0.1, 0.15) is 5.69 Å². The number of aliphatic hydroxyl groups is 1. The molecule has 0 aliphatic rings. The first kappa shape index (κ1) is 13.3. The van der Waals surface area contributed by atoms with Crippen molar-refractivity contribution in [2.24, 2.45) is 0 Å². The zero-order valence-electron chi connectivity index (χ0n) is 9.77. The van der Waals surface area contributed by atoms with E-state index >= 15 is 0 Å². The predicted molar refractivity (Wildman–Crippen MR) is 66.4 cm³/mol. The van der Waals surface area contributed by atoms with Crippen LogP contribution in [0.5, 0.6) is 0 Å². The Hall–Kier alpha value is -0.810. The van der Waals surface area contributed by atoms with E-state index in [9.17, 15) is 4.79 Å². The molecule has 1 amide bonds. The quantitative estimate of drug-likeness (QED) is 0.917. The van der Waals surface area contributed by atoms with Crippen molar-refractivity contribution in [1.82, 2.24) is 9.47 Å². The molecule has 16 heavy (non-hydrogen) atoms. The van der Waals surface area contributed by atoms with Crippen molar-refractivity contribution in [3.8, 4) is 0 Å². The van der Waals surface area contributed by atoms with Gasteiger partial charge in [0.25, 0.3) is 5.91 Å². The van der Waals surface area contributed by atoms with E-state index < -0.39 is 0 Å².